The van der Waals surface area contributed by atoms with Crippen LogP contribution < -0.4 is 0 Å². The van der Waals surface area contributed by atoms with Crippen molar-refractivity contribution in [1.82, 2.24) is 0 Å². The molecular formula is C12H20O4. The molecule has 0 aromatic heterocycles. The number of hydrogen-bond acceptors (Lipinski definition) is 4. The minimum absolute atomic E-state index is 0.0542. The Morgan fingerprint density at radius 1 is 1.12 bits per heavy atom. The molecule has 0 saturated carbocycles. The van der Waals surface area contributed by atoms with Crippen molar-refractivity contribution in [1.29, 1.82) is 0 Å². The minimum Gasteiger partial charge on any atom is -0.466 e. The van der Waals surface area contributed by atoms with Crippen molar-refractivity contribution in [2.45, 2.75) is 39.0 Å². The molecule has 0 aliphatic heterocycles. The van der Waals surface area contributed by atoms with Crippen LogP contribution in [0.3, 0.4) is 0 Å². The van der Waals surface area contributed by atoms with Gasteiger partial charge in [0.05, 0.1) is 13.0 Å². The molecule has 0 heterocycles. The summed E-state index contributed by atoms with van der Waals surface area (Å²) in [6.07, 6.45) is 5.46. The van der Waals surface area contributed by atoms with E-state index in [2.05, 4.69) is 18.2 Å². The molecule has 0 radical (unpaired) electrons. The van der Waals surface area contributed by atoms with Gasteiger partial charge in [-0.2, -0.15) is 0 Å². The first kappa shape index (κ1) is 14.7. The lowest BCUT2D eigenvalue weighted by Gasteiger charge is -2.04. The smallest absolute Gasteiger partial charge is 0.330 e. The van der Waals surface area contributed by atoms with Gasteiger partial charge in [-0.25, -0.2) is 4.79 Å². The molecule has 0 aliphatic rings. The average molecular weight is 228 g/mol. The third-order valence-electron chi connectivity index (χ3n) is 1.98. The van der Waals surface area contributed by atoms with Crippen LogP contribution in [0, 0.1) is 0 Å². The number of unbranched alkanes of at least 4 members (excludes halogenated alkanes) is 3. The van der Waals surface area contributed by atoms with Gasteiger partial charge < -0.3 is 9.47 Å². The molecule has 0 atom stereocenters. The molecule has 16 heavy (non-hydrogen) atoms. The normalized spacial score (nSPS) is 9.56. The summed E-state index contributed by atoms with van der Waals surface area (Å²) in [7, 11) is 0. The maximum Gasteiger partial charge on any atom is 0.330 e. The quantitative estimate of drug-likeness (QED) is 0.345. The molecule has 0 aliphatic carbocycles. The Kier molecular flexibility index (Phi) is 9.36. The molecule has 4 nitrogen and oxygen atoms in total. The fourth-order valence-corrected chi connectivity index (χ4v) is 1.08. The molecule has 0 aromatic rings. The van der Waals surface area contributed by atoms with Gasteiger partial charge in [-0.05, 0) is 6.42 Å². The van der Waals surface area contributed by atoms with Gasteiger partial charge in [-0.3, -0.25) is 4.79 Å². The topological polar surface area (TPSA) is 52.6 Å². The summed E-state index contributed by atoms with van der Waals surface area (Å²) < 4.78 is 9.60. The predicted molar refractivity (Wildman–Crippen MR) is 60.9 cm³/mol. The van der Waals surface area contributed by atoms with Crippen molar-refractivity contribution in [3.8, 4) is 0 Å². The lowest BCUT2D eigenvalue weighted by molar-refractivity contribution is -0.147. The summed E-state index contributed by atoms with van der Waals surface area (Å²) in [6.45, 7) is 5.88. The second-order valence-corrected chi connectivity index (χ2v) is 3.40. The monoisotopic (exact) mass is 228 g/mol. The summed E-state index contributed by atoms with van der Waals surface area (Å²) in [5.74, 6) is -0.843. The highest BCUT2D eigenvalue weighted by Gasteiger charge is 2.04. The molecule has 0 N–H and O–H groups in total. The zero-order valence-electron chi connectivity index (χ0n) is 9.87. The highest BCUT2D eigenvalue weighted by Crippen LogP contribution is 1.99. The van der Waals surface area contributed by atoms with E-state index in [9.17, 15) is 9.59 Å². The van der Waals surface area contributed by atoms with Crippen LogP contribution in [0.15, 0.2) is 12.7 Å². The highest BCUT2D eigenvalue weighted by atomic mass is 16.5. The summed E-state index contributed by atoms with van der Waals surface area (Å²) in [4.78, 5) is 21.7. The van der Waals surface area contributed by atoms with E-state index < -0.39 is 5.97 Å². The average Bonchev–Trinajstić information content (AvgIpc) is 2.28. The zero-order chi connectivity index (χ0) is 12.2. The van der Waals surface area contributed by atoms with Crippen molar-refractivity contribution in [2.24, 2.45) is 0 Å². The predicted octanol–water partition coefficient (Wildman–Crippen LogP) is 2.23. The van der Waals surface area contributed by atoms with Crippen molar-refractivity contribution in [3.05, 3.63) is 12.7 Å². The highest BCUT2D eigenvalue weighted by molar-refractivity contribution is 5.81. The molecule has 0 saturated heterocycles. The van der Waals surface area contributed by atoms with Crippen molar-refractivity contribution < 1.29 is 19.1 Å². The van der Waals surface area contributed by atoms with E-state index in [4.69, 9.17) is 4.74 Å². The number of ether oxygens (including phenoxy) is 2. The van der Waals surface area contributed by atoms with E-state index in [1.807, 2.05) is 0 Å². The van der Waals surface area contributed by atoms with Crippen LogP contribution in [0.2, 0.25) is 0 Å². The van der Waals surface area contributed by atoms with Gasteiger partial charge in [-0.15, -0.1) is 0 Å². The van der Waals surface area contributed by atoms with E-state index >= 15 is 0 Å². The van der Waals surface area contributed by atoms with Gasteiger partial charge >= 0.3 is 11.9 Å². The second-order valence-electron chi connectivity index (χ2n) is 3.40. The minimum atomic E-state index is -0.518. The summed E-state index contributed by atoms with van der Waals surface area (Å²) >= 11 is 0. The number of carbonyl (C=O) groups is 2. The lowest BCUT2D eigenvalue weighted by Crippen LogP contribution is -2.11. The van der Waals surface area contributed by atoms with Gasteiger partial charge in [0.2, 0.25) is 0 Å². The largest absolute Gasteiger partial charge is 0.466 e. The molecule has 0 rings (SSSR count). The number of carbonyl (C=O) groups excluding carboxylic acids is 2. The maximum atomic E-state index is 11.1. The number of rotatable bonds is 9. The van der Waals surface area contributed by atoms with E-state index in [-0.39, 0.29) is 19.0 Å². The fourth-order valence-electron chi connectivity index (χ4n) is 1.08. The van der Waals surface area contributed by atoms with Crippen LogP contribution in [0.4, 0.5) is 0 Å². The van der Waals surface area contributed by atoms with E-state index in [0.29, 0.717) is 6.61 Å². The second kappa shape index (κ2) is 10.2. The van der Waals surface area contributed by atoms with Crippen LogP contribution in [0.1, 0.15) is 39.0 Å². The standard InChI is InChI=1S/C12H20O4/c1-3-5-6-7-9-15-12(14)8-10-16-11(13)4-2/h4H,2-3,5-10H2,1H3. The molecule has 0 fully saturated rings. The van der Waals surface area contributed by atoms with E-state index in [1.54, 1.807) is 0 Å². The first-order valence-electron chi connectivity index (χ1n) is 5.65. The van der Waals surface area contributed by atoms with Crippen molar-refractivity contribution >= 4 is 11.9 Å². The van der Waals surface area contributed by atoms with Gasteiger partial charge in [-0.1, -0.05) is 32.8 Å². The van der Waals surface area contributed by atoms with Gasteiger partial charge in [0.25, 0.3) is 0 Å². The van der Waals surface area contributed by atoms with Gasteiger partial charge in [0, 0.05) is 6.08 Å². The van der Waals surface area contributed by atoms with Crippen LogP contribution in [-0.2, 0) is 19.1 Å². The van der Waals surface area contributed by atoms with Crippen LogP contribution in [0.25, 0.3) is 0 Å². The Balaban J connectivity index is 3.31. The van der Waals surface area contributed by atoms with Crippen molar-refractivity contribution in [3.63, 3.8) is 0 Å². The fraction of sp³-hybridized carbons (Fsp3) is 0.667. The number of hydrogen-bond donors (Lipinski definition) is 0. The third-order valence-corrected chi connectivity index (χ3v) is 1.98. The molecule has 0 spiro atoms. The first-order chi connectivity index (χ1) is 7.70. The van der Waals surface area contributed by atoms with Crippen molar-refractivity contribution in [2.75, 3.05) is 13.2 Å². The summed E-state index contributed by atoms with van der Waals surface area (Å²) in [5.41, 5.74) is 0. The summed E-state index contributed by atoms with van der Waals surface area (Å²) in [5, 5.41) is 0. The molecule has 4 heteroatoms. The Labute approximate surface area is 96.6 Å². The third kappa shape index (κ3) is 9.24. The van der Waals surface area contributed by atoms with Crippen LogP contribution >= 0.6 is 0 Å². The van der Waals surface area contributed by atoms with Gasteiger partial charge in [0.15, 0.2) is 0 Å². The molecule has 0 unspecified atom stereocenters. The molecule has 0 bridgehead atoms. The molecular weight excluding hydrogens is 208 g/mol. The van der Waals surface area contributed by atoms with E-state index in [1.165, 1.54) is 0 Å². The van der Waals surface area contributed by atoms with Crippen LogP contribution in [0.5, 0.6) is 0 Å². The van der Waals surface area contributed by atoms with E-state index in [0.717, 1.165) is 31.8 Å². The van der Waals surface area contributed by atoms with Crippen LogP contribution in [-0.4, -0.2) is 25.2 Å². The Morgan fingerprint density at radius 2 is 1.88 bits per heavy atom. The Hall–Kier alpha value is -1.32. The van der Waals surface area contributed by atoms with Gasteiger partial charge in [0.1, 0.15) is 6.61 Å². The Morgan fingerprint density at radius 3 is 2.50 bits per heavy atom. The lowest BCUT2D eigenvalue weighted by atomic mass is 10.2. The molecule has 0 aromatic carbocycles. The SMILES string of the molecule is C=CC(=O)OCCC(=O)OCCCCCC. The maximum absolute atomic E-state index is 11.1. The Bertz CT molecular complexity index is 223. The molecule has 0 amide bonds. The number of esters is 2. The zero-order valence-corrected chi connectivity index (χ0v) is 9.87. The molecule has 92 valence electrons. The summed E-state index contributed by atoms with van der Waals surface area (Å²) in [6, 6.07) is 0. The first-order valence-corrected chi connectivity index (χ1v) is 5.65.